The van der Waals surface area contributed by atoms with Crippen LogP contribution in [0.3, 0.4) is 0 Å². The van der Waals surface area contributed by atoms with Crippen LogP contribution in [-0.2, 0) is 0 Å². The van der Waals surface area contributed by atoms with Gasteiger partial charge in [-0.1, -0.05) is 19.1 Å². The molecule has 0 saturated carbocycles. The van der Waals surface area contributed by atoms with Crippen LogP contribution in [0.25, 0.3) is 0 Å². The van der Waals surface area contributed by atoms with E-state index in [0.717, 1.165) is 6.08 Å². The summed E-state index contributed by atoms with van der Waals surface area (Å²) in [4.78, 5) is 3.49. The smallest absolute Gasteiger partial charge is 0.249 e. The number of halogens is 3. The molecule has 4 heteroatoms. The van der Waals surface area contributed by atoms with Crippen molar-refractivity contribution < 1.29 is 13.2 Å². The summed E-state index contributed by atoms with van der Waals surface area (Å²) in [5, 5.41) is 0. The molecule has 0 heterocycles. The van der Waals surface area contributed by atoms with E-state index >= 15 is 0 Å². The first-order valence-corrected chi connectivity index (χ1v) is 4.37. The van der Waals surface area contributed by atoms with Crippen molar-refractivity contribution in [2.24, 2.45) is 4.99 Å². The highest BCUT2D eigenvalue weighted by molar-refractivity contribution is 5.93. The van der Waals surface area contributed by atoms with Crippen LogP contribution in [0.1, 0.15) is 27.2 Å². The summed E-state index contributed by atoms with van der Waals surface area (Å²) in [6.45, 7) is 4.91. The number of nitrogens with zero attached hydrogens (tertiary/aromatic N) is 1. The minimum absolute atomic E-state index is 0.321. The molecule has 0 spiro atoms. The van der Waals surface area contributed by atoms with Gasteiger partial charge < -0.3 is 0 Å². The number of alkyl halides is 3. The van der Waals surface area contributed by atoms with Crippen LogP contribution in [0.15, 0.2) is 28.9 Å². The molecule has 0 unspecified atom stereocenters. The number of allylic oxidation sites excluding steroid dienone is 4. The second kappa shape index (κ2) is 5.62. The molecule has 80 valence electrons. The Balaban J connectivity index is 4.89. The first-order chi connectivity index (χ1) is 6.41. The van der Waals surface area contributed by atoms with Gasteiger partial charge in [0.15, 0.2) is 0 Å². The quantitative estimate of drug-likeness (QED) is 0.620. The maximum absolute atomic E-state index is 12.3. The molecule has 1 nitrogen and oxygen atoms in total. The molecule has 0 atom stereocenters. The van der Waals surface area contributed by atoms with Crippen molar-refractivity contribution in [3.05, 3.63) is 23.9 Å². The third-order valence-electron chi connectivity index (χ3n) is 1.39. The highest BCUT2D eigenvalue weighted by Gasteiger charge is 2.33. The van der Waals surface area contributed by atoms with E-state index in [1.807, 2.05) is 0 Å². The molecular weight excluding hydrogens is 191 g/mol. The first-order valence-electron chi connectivity index (χ1n) is 4.37. The predicted octanol–water partition coefficient (Wildman–Crippen LogP) is 3.88. The molecule has 0 amide bonds. The number of rotatable bonds is 3. The van der Waals surface area contributed by atoms with Crippen LogP contribution in [0.5, 0.6) is 0 Å². The average Bonchev–Trinajstić information content (AvgIpc) is 2.02. The van der Waals surface area contributed by atoms with Crippen molar-refractivity contribution in [1.82, 2.24) is 0 Å². The van der Waals surface area contributed by atoms with Crippen LogP contribution < -0.4 is 0 Å². The van der Waals surface area contributed by atoms with Gasteiger partial charge in [0.1, 0.15) is 5.70 Å². The first kappa shape index (κ1) is 12.9. The van der Waals surface area contributed by atoms with Crippen LogP contribution in [0, 0.1) is 0 Å². The molecular formula is C10H14F3N. The molecule has 0 saturated heterocycles. The fourth-order valence-electron chi connectivity index (χ4n) is 0.887. The second-order valence-electron chi connectivity index (χ2n) is 2.75. The number of hydrogen-bond donors (Lipinski definition) is 0. The Bertz CT molecular complexity index is 259. The largest absolute Gasteiger partial charge is 0.433 e. The lowest BCUT2D eigenvalue weighted by atomic mass is 10.3. The highest BCUT2D eigenvalue weighted by Crippen LogP contribution is 2.27. The van der Waals surface area contributed by atoms with Crippen molar-refractivity contribution in [2.75, 3.05) is 0 Å². The van der Waals surface area contributed by atoms with E-state index in [1.165, 1.54) is 13.0 Å². The Hall–Kier alpha value is -1.06. The van der Waals surface area contributed by atoms with Crippen molar-refractivity contribution in [3.8, 4) is 0 Å². The maximum Gasteiger partial charge on any atom is 0.433 e. The molecule has 0 aromatic carbocycles. The summed E-state index contributed by atoms with van der Waals surface area (Å²) in [5.41, 5.74) is -0.472. The van der Waals surface area contributed by atoms with Crippen molar-refractivity contribution in [2.45, 2.75) is 33.4 Å². The fraction of sp³-hybridized carbons (Fsp3) is 0.500. The van der Waals surface area contributed by atoms with Gasteiger partial charge in [-0.15, -0.1) is 0 Å². The van der Waals surface area contributed by atoms with Gasteiger partial charge in [-0.05, 0) is 26.3 Å². The van der Waals surface area contributed by atoms with E-state index in [4.69, 9.17) is 0 Å². The lowest BCUT2D eigenvalue weighted by Gasteiger charge is -2.06. The summed E-state index contributed by atoms with van der Waals surface area (Å²) in [6.07, 6.45) is 0.224. The van der Waals surface area contributed by atoms with E-state index in [0.29, 0.717) is 12.1 Å². The minimum Gasteiger partial charge on any atom is -0.249 e. The fourth-order valence-corrected chi connectivity index (χ4v) is 0.887. The Morgan fingerprint density at radius 2 is 1.93 bits per heavy atom. The molecule has 0 aromatic heterocycles. The molecule has 0 radical (unpaired) electrons. The minimum atomic E-state index is -4.36. The SMILES string of the molecule is C\C=C/C(C)=N/C(=C/CC)C(F)(F)F. The summed E-state index contributed by atoms with van der Waals surface area (Å²) in [5.74, 6) is 0. The van der Waals surface area contributed by atoms with E-state index in [-0.39, 0.29) is 0 Å². The zero-order valence-corrected chi connectivity index (χ0v) is 8.52. The highest BCUT2D eigenvalue weighted by atomic mass is 19.4. The van der Waals surface area contributed by atoms with Crippen LogP contribution in [0.4, 0.5) is 13.2 Å². The zero-order valence-electron chi connectivity index (χ0n) is 8.52. The molecule has 0 aliphatic rings. The average molecular weight is 205 g/mol. The molecule has 0 N–H and O–H groups in total. The van der Waals surface area contributed by atoms with E-state index < -0.39 is 11.9 Å². The summed E-state index contributed by atoms with van der Waals surface area (Å²) in [7, 11) is 0. The molecule has 0 aliphatic heterocycles. The number of aliphatic imine (C=N–C) groups is 1. The molecule has 0 rings (SSSR count). The molecule has 0 aromatic rings. The second-order valence-corrected chi connectivity index (χ2v) is 2.75. The monoisotopic (exact) mass is 205 g/mol. The third kappa shape index (κ3) is 4.84. The van der Waals surface area contributed by atoms with Crippen LogP contribution >= 0.6 is 0 Å². The molecule has 0 aliphatic carbocycles. The lowest BCUT2D eigenvalue weighted by molar-refractivity contribution is -0.0925. The van der Waals surface area contributed by atoms with Gasteiger partial charge in [-0.2, -0.15) is 13.2 Å². The molecule has 14 heavy (non-hydrogen) atoms. The van der Waals surface area contributed by atoms with Gasteiger partial charge in [0.05, 0.1) is 0 Å². The van der Waals surface area contributed by atoms with Gasteiger partial charge in [0.2, 0.25) is 0 Å². The normalized spacial score (nSPS) is 15.3. The van der Waals surface area contributed by atoms with E-state index in [2.05, 4.69) is 4.99 Å². The maximum atomic E-state index is 12.3. The van der Waals surface area contributed by atoms with Gasteiger partial charge >= 0.3 is 6.18 Å². The van der Waals surface area contributed by atoms with Gasteiger partial charge in [-0.25, -0.2) is 4.99 Å². The van der Waals surface area contributed by atoms with Crippen molar-refractivity contribution in [1.29, 1.82) is 0 Å². The van der Waals surface area contributed by atoms with Crippen molar-refractivity contribution in [3.63, 3.8) is 0 Å². The lowest BCUT2D eigenvalue weighted by Crippen LogP contribution is -2.11. The topological polar surface area (TPSA) is 12.4 Å². The van der Waals surface area contributed by atoms with Gasteiger partial charge in [-0.3, -0.25) is 0 Å². The summed E-state index contributed by atoms with van der Waals surface area (Å²) < 4.78 is 36.9. The van der Waals surface area contributed by atoms with Crippen molar-refractivity contribution >= 4 is 5.71 Å². The van der Waals surface area contributed by atoms with Crippen LogP contribution in [0.2, 0.25) is 0 Å². The van der Waals surface area contributed by atoms with Gasteiger partial charge in [0, 0.05) is 5.71 Å². The van der Waals surface area contributed by atoms with Gasteiger partial charge in [0.25, 0.3) is 0 Å². The third-order valence-corrected chi connectivity index (χ3v) is 1.39. The summed E-state index contributed by atoms with van der Waals surface area (Å²) in [6, 6.07) is 0. The standard InChI is InChI=1S/C10H14F3N/c1-4-6-8(3)14-9(7-5-2)10(11,12)13/h4,6-7H,5H2,1-3H3/b6-4-,9-7+,14-8+. The Kier molecular flexibility index (Phi) is 5.20. The molecule has 0 fully saturated rings. The predicted molar refractivity (Wildman–Crippen MR) is 52.4 cm³/mol. The van der Waals surface area contributed by atoms with E-state index in [9.17, 15) is 13.2 Å². The molecule has 0 bridgehead atoms. The Morgan fingerprint density at radius 1 is 1.36 bits per heavy atom. The Labute approximate surface area is 82.0 Å². The zero-order chi connectivity index (χ0) is 11.2. The number of hydrogen-bond acceptors (Lipinski definition) is 1. The Morgan fingerprint density at radius 3 is 2.29 bits per heavy atom. The van der Waals surface area contributed by atoms with E-state index in [1.54, 1.807) is 19.9 Å². The summed E-state index contributed by atoms with van der Waals surface area (Å²) >= 11 is 0. The van der Waals surface area contributed by atoms with Crippen LogP contribution in [-0.4, -0.2) is 11.9 Å².